The molecule has 2 fully saturated rings. The molecule has 1 saturated heterocycles. The van der Waals surface area contributed by atoms with Gasteiger partial charge in [-0.05, 0) is 56.5 Å². The molecule has 2 aliphatic rings. The highest BCUT2D eigenvalue weighted by molar-refractivity contribution is 5.76. The van der Waals surface area contributed by atoms with Gasteiger partial charge in [0.05, 0.1) is 0 Å². The van der Waals surface area contributed by atoms with Crippen molar-refractivity contribution in [1.82, 2.24) is 10.6 Å². The van der Waals surface area contributed by atoms with Gasteiger partial charge in [0.2, 0.25) is 5.91 Å². The largest absolute Gasteiger partial charge is 0.356 e. The average molecular weight is 280 g/mol. The number of carbonyl (C=O) groups excluding carboxylic acids is 1. The maximum Gasteiger partial charge on any atom is 0.220 e. The Morgan fingerprint density at radius 3 is 2.60 bits per heavy atom. The van der Waals surface area contributed by atoms with E-state index >= 15 is 0 Å². The molecule has 0 aromatic carbocycles. The Morgan fingerprint density at radius 1 is 1.20 bits per heavy atom. The molecule has 2 N–H and O–H groups in total. The van der Waals surface area contributed by atoms with E-state index in [1.807, 2.05) is 0 Å². The summed E-state index contributed by atoms with van der Waals surface area (Å²) < 4.78 is 0. The van der Waals surface area contributed by atoms with Crippen LogP contribution in [0.25, 0.3) is 0 Å². The zero-order valence-electron chi connectivity index (χ0n) is 13.1. The molecule has 1 heterocycles. The van der Waals surface area contributed by atoms with E-state index in [0.717, 1.165) is 37.9 Å². The lowest BCUT2D eigenvalue weighted by Crippen LogP contribution is -2.33. The lowest BCUT2D eigenvalue weighted by molar-refractivity contribution is -0.122. The lowest BCUT2D eigenvalue weighted by atomic mass is 9.84. The lowest BCUT2D eigenvalue weighted by Gasteiger charge is -2.27. The second-order valence-corrected chi connectivity index (χ2v) is 6.91. The summed E-state index contributed by atoms with van der Waals surface area (Å²) in [4.78, 5) is 12.0. The van der Waals surface area contributed by atoms with Crippen LogP contribution in [0.2, 0.25) is 0 Å². The molecule has 1 saturated carbocycles. The van der Waals surface area contributed by atoms with E-state index in [9.17, 15) is 4.79 Å². The van der Waals surface area contributed by atoms with Gasteiger partial charge in [-0.1, -0.05) is 32.6 Å². The fourth-order valence-corrected chi connectivity index (χ4v) is 3.86. The van der Waals surface area contributed by atoms with E-state index < -0.39 is 0 Å². The first-order valence-corrected chi connectivity index (χ1v) is 8.73. The van der Waals surface area contributed by atoms with Gasteiger partial charge in [-0.2, -0.15) is 0 Å². The van der Waals surface area contributed by atoms with Crippen molar-refractivity contribution in [2.45, 2.75) is 64.7 Å². The maximum absolute atomic E-state index is 12.0. The van der Waals surface area contributed by atoms with E-state index in [2.05, 4.69) is 17.6 Å². The molecular formula is C17H32N2O. The van der Waals surface area contributed by atoms with Gasteiger partial charge >= 0.3 is 0 Å². The number of carbonyl (C=O) groups is 1. The van der Waals surface area contributed by atoms with Crippen LogP contribution in [0.1, 0.15) is 64.7 Å². The second-order valence-electron chi connectivity index (χ2n) is 6.91. The molecule has 2 rings (SSSR count). The van der Waals surface area contributed by atoms with Gasteiger partial charge in [0.1, 0.15) is 0 Å². The van der Waals surface area contributed by atoms with E-state index in [-0.39, 0.29) is 5.91 Å². The molecule has 116 valence electrons. The quantitative estimate of drug-likeness (QED) is 0.704. The minimum atomic E-state index is 0.266. The number of piperidine rings is 1. The summed E-state index contributed by atoms with van der Waals surface area (Å²) >= 11 is 0. The van der Waals surface area contributed by atoms with Crippen LogP contribution in [0.5, 0.6) is 0 Å². The third-order valence-electron chi connectivity index (χ3n) is 5.28. The van der Waals surface area contributed by atoms with Gasteiger partial charge in [-0.15, -0.1) is 0 Å². The monoisotopic (exact) mass is 280 g/mol. The van der Waals surface area contributed by atoms with Crippen molar-refractivity contribution in [2.75, 3.05) is 19.6 Å². The molecule has 1 unspecified atom stereocenters. The number of hydrogen-bond donors (Lipinski definition) is 2. The van der Waals surface area contributed by atoms with Crippen molar-refractivity contribution in [3.05, 3.63) is 0 Å². The SMILES string of the molecule is CC(CC(=O)NCCCC1CCCC1)C1CCNCC1. The third kappa shape index (κ3) is 5.43. The van der Waals surface area contributed by atoms with Gasteiger partial charge in [-0.3, -0.25) is 4.79 Å². The minimum Gasteiger partial charge on any atom is -0.356 e. The molecule has 0 spiro atoms. The van der Waals surface area contributed by atoms with Gasteiger partial charge in [0.15, 0.2) is 0 Å². The van der Waals surface area contributed by atoms with Crippen molar-refractivity contribution >= 4 is 5.91 Å². The van der Waals surface area contributed by atoms with Gasteiger partial charge in [0.25, 0.3) is 0 Å². The van der Waals surface area contributed by atoms with E-state index in [0.29, 0.717) is 12.3 Å². The van der Waals surface area contributed by atoms with E-state index in [1.165, 1.54) is 44.9 Å². The zero-order chi connectivity index (χ0) is 14.2. The normalized spacial score (nSPS) is 22.9. The summed E-state index contributed by atoms with van der Waals surface area (Å²) in [6, 6.07) is 0. The van der Waals surface area contributed by atoms with Crippen molar-refractivity contribution in [3.63, 3.8) is 0 Å². The highest BCUT2D eigenvalue weighted by Crippen LogP contribution is 2.28. The number of hydrogen-bond acceptors (Lipinski definition) is 2. The fourth-order valence-electron chi connectivity index (χ4n) is 3.86. The van der Waals surface area contributed by atoms with Crippen LogP contribution in [0, 0.1) is 17.8 Å². The van der Waals surface area contributed by atoms with Crippen molar-refractivity contribution < 1.29 is 4.79 Å². The topological polar surface area (TPSA) is 41.1 Å². The van der Waals surface area contributed by atoms with Crippen LogP contribution in [-0.2, 0) is 4.79 Å². The van der Waals surface area contributed by atoms with Crippen molar-refractivity contribution in [1.29, 1.82) is 0 Å². The summed E-state index contributed by atoms with van der Waals surface area (Å²) in [6.07, 6.45) is 11.3. The molecule has 20 heavy (non-hydrogen) atoms. The predicted octanol–water partition coefficient (Wildman–Crippen LogP) is 3.10. The van der Waals surface area contributed by atoms with E-state index in [4.69, 9.17) is 0 Å². The second kappa shape index (κ2) is 8.66. The third-order valence-corrected chi connectivity index (χ3v) is 5.28. The van der Waals surface area contributed by atoms with Gasteiger partial charge in [-0.25, -0.2) is 0 Å². The molecule has 0 bridgehead atoms. The van der Waals surface area contributed by atoms with Crippen LogP contribution >= 0.6 is 0 Å². The molecule has 1 atom stereocenters. The molecule has 3 nitrogen and oxygen atoms in total. The van der Waals surface area contributed by atoms with Crippen LogP contribution in [-0.4, -0.2) is 25.5 Å². The summed E-state index contributed by atoms with van der Waals surface area (Å²) in [5.41, 5.74) is 0. The first-order chi connectivity index (χ1) is 9.75. The molecule has 1 aliphatic heterocycles. The van der Waals surface area contributed by atoms with Crippen molar-refractivity contribution in [3.8, 4) is 0 Å². The Labute approximate surface area is 124 Å². The molecular weight excluding hydrogens is 248 g/mol. The van der Waals surface area contributed by atoms with Crippen molar-refractivity contribution in [2.24, 2.45) is 17.8 Å². The zero-order valence-corrected chi connectivity index (χ0v) is 13.1. The Hall–Kier alpha value is -0.570. The standard InChI is InChI=1S/C17H32N2O/c1-14(16-8-11-18-12-9-16)13-17(20)19-10-4-7-15-5-2-3-6-15/h14-16,18H,2-13H2,1H3,(H,19,20). The fraction of sp³-hybridized carbons (Fsp3) is 0.941. The van der Waals surface area contributed by atoms with Gasteiger partial charge < -0.3 is 10.6 Å². The van der Waals surface area contributed by atoms with Crippen LogP contribution in [0.3, 0.4) is 0 Å². The summed E-state index contributed by atoms with van der Waals surface area (Å²) in [6.45, 7) is 5.37. The Balaban J connectivity index is 1.52. The smallest absolute Gasteiger partial charge is 0.220 e. The van der Waals surface area contributed by atoms with E-state index in [1.54, 1.807) is 0 Å². The average Bonchev–Trinajstić information content (AvgIpc) is 2.98. The highest BCUT2D eigenvalue weighted by Gasteiger charge is 2.21. The summed E-state index contributed by atoms with van der Waals surface area (Å²) in [5.74, 6) is 2.48. The molecule has 0 radical (unpaired) electrons. The van der Waals surface area contributed by atoms with Crippen LogP contribution in [0.15, 0.2) is 0 Å². The maximum atomic E-state index is 12.0. The molecule has 0 aromatic heterocycles. The summed E-state index contributed by atoms with van der Waals surface area (Å²) in [7, 11) is 0. The first kappa shape index (κ1) is 15.8. The predicted molar refractivity (Wildman–Crippen MR) is 83.6 cm³/mol. The molecule has 1 amide bonds. The summed E-state index contributed by atoms with van der Waals surface area (Å²) in [5, 5.41) is 6.51. The number of nitrogens with one attached hydrogen (secondary N) is 2. The highest BCUT2D eigenvalue weighted by atomic mass is 16.1. The molecule has 1 aliphatic carbocycles. The number of rotatable bonds is 7. The Kier molecular flexibility index (Phi) is 6.85. The molecule has 0 aromatic rings. The molecule has 3 heteroatoms. The first-order valence-electron chi connectivity index (χ1n) is 8.73. The Bertz CT molecular complexity index is 281. The van der Waals surface area contributed by atoms with Gasteiger partial charge in [0, 0.05) is 13.0 Å². The Morgan fingerprint density at radius 2 is 1.90 bits per heavy atom. The minimum absolute atomic E-state index is 0.266. The van der Waals surface area contributed by atoms with Crippen LogP contribution < -0.4 is 10.6 Å². The number of amides is 1. The van der Waals surface area contributed by atoms with Crippen LogP contribution in [0.4, 0.5) is 0 Å².